The number of carboxylic acid groups (broad SMARTS) is 1. The first-order valence-electron chi connectivity index (χ1n) is 10.2. The molecule has 1 aromatic heterocycles. The average Bonchev–Trinajstić information content (AvgIpc) is 3.05. The van der Waals surface area contributed by atoms with Crippen molar-refractivity contribution in [3.8, 4) is 5.75 Å². The number of fused-ring (bicyclic) bond motifs is 1. The molecule has 3 aromatic rings. The molecule has 0 radical (unpaired) electrons. The third-order valence-electron chi connectivity index (χ3n) is 5.02. The number of hydrogen-bond acceptors (Lipinski definition) is 5. The van der Waals surface area contributed by atoms with Gasteiger partial charge in [-0.15, -0.1) is 0 Å². The van der Waals surface area contributed by atoms with Crippen LogP contribution in [0.3, 0.4) is 0 Å². The molecule has 6 nitrogen and oxygen atoms in total. The zero-order valence-electron chi connectivity index (χ0n) is 19.0. The Labute approximate surface area is 188 Å². The van der Waals surface area contributed by atoms with Crippen LogP contribution in [0.4, 0.5) is 11.4 Å². The molecule has 0 aliphatic carbocycles. The van der Waals surface area contributed by atoms with E-state index in [1.807, 2.05) is 26.2 Å². The Bertz CT molecular complexity index is 1160. The second-order valence-electron chi connectivity index (χ2n) is 7.52. The molecule has 0 amide bonds. The molecule has 0 saturated heterocycles. The third kappa shape index (κ3) is 5.03. The fourth-order valence-electron chi connectivity index (χ4n) is 3.52. The van der Waals surface area contributed by atoms with Crippen molar-refractivity contribution in [2.45, 2.75) is 13.8 Å². The minimum Gasteiger partial charge on any atom is -0.550 e. The van der Waals surface area contributed by atoms with Crippen molar-refractivity contribution >= 4 is 28.8 Å². The summed E-state index contributed by atoms with van der Waals surface area (Å²) in [7, 11) is 5.77. The van der Waals surface area contributed by atoms with Gasteiger partial charge < -0.3 is 19.5 Å². The first-order valence-corrected chi connectivity index (χ1v) is 10.2. The number of ether oxygens (including phenoxy) is 1. The molecule has 0 atom stereocenters. The Morgan fingerprint density at radius 2 is 1.62 bits per heavy atom. The number of carbonyl (C=O) groups excluding carboxylic acids is 1. The van der Waals surface area contributed by atoms with Crippen LogP contribution in [-0.2, 0) is 4.79 Å². The van der Waals surface area contributed by atoms with E-state index in [-0.39, 0.29) is 0 Å². The summed E-state index contributed by atoms with van der Waals surface area (Å²) in [6, 6.07) is 22.7. The van der Waals surface area contributed by atoms with Gasteiger partial charge in [-0.1, -0.05) is 0 Å². The van der Waals surface area contributed by atoms with Gasteiger partial charge in [0.1, 0.15) is 11.5 Å². The summed E-state index contributed by atoms with van der Waals surface area (Å²) in [5.41, 5.74) is 7.67. The molecule has 6 heteroatoms. The molecule has 0 saturated carbocycles. The number of pyridine rings is 1. The number of nitrogens with zero attached hydrogens (tertiary/aromatic N) is 3. The van der Waals surface area contributed by atoms with Crippen LogP contribution in [0.25, 0.3) is 5.70 Å². The lowest BCUT2D eigenvalue weighted by atomic mass is 10.1. The lowest BCUT2D eigenvalue weighted by molar-refractivity contribution is -0.577. The van der Waals surface area contributed by atoms with E-state index in [1.165, 1.54) is 0 Å². The number of allylic oxidation sites excluding steroid dienone is 1. The van der Waals surface area contributed by atoms with Gasteiger partial charge >= 0.3 is 0 Å². The molecule has 164 valence electrons. The number of carboxylic acids is 1. The molecule has 2 heterocycles. The maximum Gasteiger partial charge on any atom is 0.237 e. The van der Waals surface area contributed by atoms with Crippen LogP contribution in [0, 0.1) is 0 Å². The molecule has 1 aliphatic heterocycles. The number of benzene rings is 2. The molecule has 0 spiro atoms. The van der Waals surface area contributed by atoms with E-state index < -0.39 is 5.97 Å². The molecule has 32 heavy (non-hydrogen) atoms. The largest absolute Gasteiger partial charge is 0.550 e. The Balaban J connectivity index is 0.000000668. The van der Waals surface area contributed by atoms with Crippen LogP contribution < -0.4 is 19.3 Å². The zero-order chi connectivity index (χ0) is 23.3. The zero-order valence-corrected chi connectivity index (χ0v) is 19.0. The number of rotatable bonds is 4. The summed E-state index contributed by atoms with van der Waals surface area (Å²) in [6.07, 6.45) is 2.09. The summed E-state index contributed by atoms with van der Waals surface area (Å²) in [5.74, 6) is -0.229. The van der Waals surface area contributed by atoms with Crippen LogP contribution in [-0.4, -0.2) is 32.9 Å². The molecule has 1 aliphatic rings. The highest BCUT2D eigenvalue weighted by Crippen LogP contribution is 2.28. The number of anilines is 1. The van der Waals surface area contributed by atoms with E-state index in [0.29, 0.717) is 0 Å². The third-order valence-corrected chi connectivity index (χ3v) is 5.02. The normalized spacial score (nSPS) is 13.3. The van der Waals surface area contributed by atoms with Gasteiger partial charge in [-0.2, -0.15) is 4.57 Å². The van der Waals surface area contributed by atoms with Gasteiger partial charge in [-0.3, -0.25) is 0 Å². The number of hydrogen-bond donors (Lipinski definition) is 0. The van der Waals surface area contributed by atoms with Crippen molar-refractivity contribution < 1.29 is 19.2 Å². The highest BCUT2D eigenvalue weighted by atomic mass is 16.5. The van der Waals surface area contributed by atoms with Crippen molar-refractivity contribution in [1.82, 2.24) is 0 Å². The summed E-state index contributed by atoms with van der Waals surface area (Å²) in [5, 5.41) is 8.89. The topological polar surface area (TPSA) is 68.8 Å². The van der Waals surface area contributed by atoms with Gasteiger partial charge in [0.25, 0.3) is 0 Å². The average molecular weight is 430 g/mol. The minimum atomic E-state index is -1.08. The van der Waals surface area contributed by atoms with E-state index in [1.54, 1.807) is 7.11 Å². The molecule has 4 rings (SSSR count). The summed E-state index contributed by atoms with van der Waals surface area (Å²) >= 11 is 0. The maximum absolute atomic E-state index is 8.89. The Morgan fingerprint density at radius 1 is 1.00 bits per heavy atom. The summed E-state index contributed by atoms with van der Waals surface area (Å²) in [4.78, 5) is 16.0. The SMILES string of the molecule is CC(=O)[O-].COc1ccc(C2=C(C)C(=Nc3ccc(N(C)C)cc3)c3cccc[n+]32)cc1. The molecule has 0 unspecified atom stereocenters. The molecular formula is C26H27N3O3. The van der Waals surface area contributed by atoms with Crippen molar-refractivity contribution in [3.63, 3.8) is 0 Å². The van der Waals surface area contributed by atoms with E-state index in [9.17, 15) is 0 Å². The van der Waals surface area contributed by atoms with Crippen LogP contribution >= 0.6 is 0 Å². The first kappa shape index (κ1) is 22.7. The van der Waals surface area contributed by atoms with Gasteiger partial charge in [0.2, 0.25) is 11.4 Å². The fourth-order valence-corrected chi connectivity index (χ4v) is 3.52. The monoisotopic (exact) mass is 429 g/mol. The second kappa shape index (κ2) is 9.92. The lowest BCUT2D eigenvalue weighted by Gasteiger charge is -2.11. The lowest BCUT2D eigenvalue weighted by Crippen LogP contribution is -2.34. The molecule has 0 bridgehead atoms. The highest BCUT2D eigenvalue weighted by Gasteiger charge is 2.34. The minimum absolute atomic E-state index is 0.855. The Kier molecular flexibility index (Phi) is 7.05. The summed E-state index contributed by atoms with van der Waals surface area (Å²) in [6.45, 7) is 3.11. The van der Waals surface area contributed by atoms with Crippen LogP contribution in [0.5, 0.6) is 5.75 Å². The van der Waals surface area contributed by atoms with Gasteiger partial charge in [-0.05, 0) is 68.4 Å². The number of aromatic nitrogens is 1. The smallest absolute Gasteiger partial charge is 0.237 e. The van der Waals surface area contributed by atoms with E-state index in [0.717, 1.165) is 52.3 Å². The Morgan fingerprint density at radius 3 is 2.19 bits per heavy atom. The predicted molar refractivity (Wildman–Crippen MR) is 125 cm³/mol. The van der Waals surface area contributed by atoms with Crippen molar-refractivity contribution in [2.24, 2.45) is 4.99 Å². The van der Waals surface area contributed by atoms with Gasteiger partial charge in [0.05, 0.1) is 18.4 Å². The van der Waals surface area contributed by atoms with Crippen LogP contribution in [0.1, 0.15) is 25.1 Å². The Hall–Kier alpha value is -3.93. The van der Waals surface area contributed by atoms with Crippen LogP contribution in [0.2, 0.25) is 0 Å². The molecule has 2 aromatic carbocycles. The molecular weight excluding hydrogens is 402 g/mol. The quantitative estimate of drug-likeness (QED) is 0.597. The summed E-state index contributed by atoms with van der Waals surface area (Å²) < 4.78 is 7.52. The van der Waals surface area contributed by atoms with E-state index >= 15 is 0 Å². The second-order valence-corrected chi connectivity index (χ2v) is 7.52. The number of carbonyl (C=O) groups is 1. The highest BCUT2D eigenvalue weighted by molar-refractivity contribution is 6.16. The fraction of sp³-hybridized carbons (Fsp3) is 0.192. The van der Waals surface area contributed by atoms with Gasteiger partial charge in [0.15, 0.2) is 6.20 Å². The maximum atomic E-state index is 8.89. The predicted octanol–water partition coefficient (Wildman–Crippen LogP) is 3.22. The van der Waals surface area contributed by atoms with E-state index in [4.69, 9.17) is 19.6 Å². The number of aliphatic carboxylic acids is 1. The standard InChI is InChI=1S/C24H24N3O.C2H4O2/c1-17-23(25-19-10-12-20(13-11-19)26(2)3)22-7-5-6-16-27(22)24(17)18-8-14-21(28-4)15-9-18;1-2(3)4/h5-16H,1-4H3;1H3,(H,3,4)/q+1;/p-1. The van der Waals surface area contributed by atoms with Gasteiger partial charge in [0, 0.05) is 43.4 Å². The van der Waals surface area contributed by atoms with Crippen molar-refractivity contribution in [1.29, 1.82) is 0 Å². The number of methoxy groups -OCH3 is 1. The molecule has 0 fully saturated rings. The molecule has 0 N–H and O–H groups in total. The van der Waals surface area contributed by atoms with Crippen molar-refractivity contribution in [3.05, 3.63) is 89.8 Å². The number of aliphatic imine (C=N–C) groups is 1. The first-order chi connectivity index (χ1) is 15.3. The van der Waals surface area contributed by atoms with E-state index in [2.05, 4.69) is 77.2 Å². The van der Waals surface area contributed by atoms with Gasteiger partial charge in [-0.25, -0.2) is 4.99 Å². The van der Waals surface area contributed by atoms with Crippen LogP contribution in [0.15, 0.2) is 83.5 Å². The van der Waals surface area contributed by atoms with Crippen molar-refractivity contribution in [2.75, 3.05) is 26.1 Å².